The van der Waals surface area contributed by atoms with E-state index in [2.05, 4.69) is 6.58 Å². The standard InChI is InChI=1S/C11H14FNO/c1-8(5-6-13)9-3-4-10(12)11(7-9)14-2/h3-4,7H,1,5-6,13H2,2H3. The summed E-state index contributed by atoms with van der Waals surface area (Å²) in [7, 11) is 1.44. The Kier molecular flexibility index (Phi) is 3.65. The van der Waals surface area contributed by atoms with E-state index in [4.69, 9.17) is 10.5 Å². The van der Waals surface area contributed by atoms with Gasteiger partial charge in [-0.3, -0.25) is 0 Å². The number of ether oxygens (including phenoxy) is 1. The van der Waals surface area contributed by atoms with E-state index in [9.17, 15) is 4.39 Å². The van der Waals surface area contributed by atoms with Crippen molar-refractivity contribution in [3.63, 3.8) is 0 Å². The molecule has 2 N–H and O–H groups in total. The first kappa shape index (κ1) is 10.7. The van der Waals surface area contributed by atoms with Gasteiger partial charge in [-0.05, 0) is 36.2 Å². The number of benzene rings is 1. The number of hydrogen-bond donors (Lipinski definition) is 1. The minimum absolute atomic E-state index is 0.237. The van der Waals surface area contributed by atoms with Gasteiger partial charge in [0.05, 0.1) is 7.11 Å². The van der Waals surface area contributed by atoms with Crippen molar-refractivity contribution < 1.29 is 9.13 Å². The maximum Gasteiger partial charge on any atom is 0.165 e. The van der Waals surface area contributed by atoms with Crippen molar-refractivity contribution in [2.45, 2.75) is 6.42 Å². The highest BCUT2D eigenvalue weighted by atomic mass is 19.1. The van der Waals surface area contributed by atoms with Crippen LogP contribution in [0.5, 0.6) is 5.75 Å². The van der Waals surface area contributed by atoms with Crippen molar-refractivity contribution in [2.75, 3.05) is 13.7 Å². The minimum Gasteiger partial charge on any atom is -0.494 e. The fourth-order valence-corrected chi connectivity index (χ4v) is 1.20. The van der Waals surface area contributed by atoms with Crippen LogP contribution in [0.3, 0.4) is 0 Å². The van der Waals surface area contributed by atoms with E-state index in [0.717, 1.165) is 11.1 Å². The molecule has 14 heavy (non-hydrogen) atoms. The summed E-state index contributed by atoms with van der Waals surface area (Å²) in [6.07, 6.45) is 0.703. The molecule has 0 atom stereocenters. The Hall–Kier alpha value is -1.35. The van der Waals surface area contributed by atoms with Crippen LogP contribution >= 0.6 is 0 Å². The molecule has 0 bridgehead atoms. The van der Waals surface area contributed by atoms with Gasteiger partial charge in [0.1, 0.15) is 0 Å². The fraction of sp³-hybridized carbons (Fsp3) is 0.273. The van der Waals surface area contributed by atoms with E-state index in [-0.39, 0.29) is 11.6 Å². The first-order valence-electron chi connectivity index (χ1n) is 4.40. The largest absolute Gasteiger partial charge is 0.494 e. The predicted octanol–water partition coefficient (Wildman–Crippen LogP) is 2.20. The summed E-state index contributed by atoms with van der Waals surface area (Å²) in [6.45, 7) is 4.40. The number of rotatable bonds is 4. The molecule has 0 spiro atoms. The zero-order chi connectivity index (χ0) is 10.6. The molecule has 0 aliphatic carbocycles. The van der Waals surface area contributed by atoms with Crippen molar-refractivity contribution in [3.8, 4) is 5.75 Å². The minimum atomic E-state index is -0.364. The Bertz CT molecular complexity index is 336. The smallest absolute Gasteiger partial charge is 0.165 e. The van der Waals surface area contributed by atoms with Gasteiger partial charge in [0, 0.05) is 0 Å². The topological polar surface area (TPSA) is 35.2 Å². The highest BCUT2D eigenvalue weighted by molar-refractivity contribution is 5.64. The summed E-state index contributed by atoms with van der Waals surface area (Å²) >= 11 is 0. The molecule has 3 heteroatoms. The van der Waals surface area contributed by atoms with Gasteiger partial charge in [-0.15, -0.1) is 0 Å². The Morgan fingerprint density at radius 3 is 2.86 bits per heavy atom. The Labute approximate surface area is 83.2 Å². The van der Waals surface area contributed by atoms with Gasteiger partial charge < -0.3 is 10.5 Å². The maximum atomic E-state index is 13.0. The van der Waals surface area contributed by atoms with Crippen LogP contribution in [0.2, 0.25) is 0 Å². The molecule has 0 fully saturated rings. The van der Waals surface area contributed by atoms with Crippen molar-refractivity contribution in [1.29, 1.82) is 0 Å². The van der Waals surface area contributed by atoms with Crippen LogP contribution in [0.1, 0.15) is 12.0 Å². The normalized spacial score (nSPS) is 9.93. The molecular formula is C11H14FNO. The van der Waals surface area contributed by atoms with Crippen LogP contribution in [0, 0.1) is 5.82 Å². The van der Waals surface area contributed by atoms with Gasteiger partial charge in [0.15, 0.2) is 11.6 Å². The molecule has 0 aliphatic heterocycles. The zero-order valence-corrected chi connectivity index (χ0v) is 8.22. The molecule has 76 valence electrons. The summed E-state index contributed by atoms with van der Waals surface area (Å²) in [4.78, 5) is 0. The number of halogens is 1. The van der Waals surface area contributed by atoms with Gasteiger partial charge in [0.2, 0.25) is 0 Å². The highest BCUT2D eigenvalue weighted by Crippen LogP contribution is 2.23. The number of nitrogens with two attached hydrogens (primary N) is 1. The van der Waals surface area contributed by atoms with Gasteiger partial charge in [-0.25, -0.2) is 4.39 Å². The van der Waals surface area contributed by atoms with Crippen LogP contribution in [0.15, 0.2) is 24.8 Å². The van der Waals surface area contributed by atoms with Crippen molar-refractivity contribution in [1.82, 2.24) is 0 Å². The van der Waals surface area contributed by atoms with Crippen molar-refractivity contribution >= 4 is 5.57 Å². The number of methoxy groups -OCH3 is 1. The van der Waals surface area contributed by atoms with E-state index < -0.39 is 0 Å². The van der Waals surface area contributed by atoms with Crippen LogP contribution in [0.25, 0.3) is 5.57 Å². The summed E-state index contributed by atoms with van der Waals surface area (Å²) in [5.74, 6) is -0.127. The lowest BCUT2D eigenvalue weighted by Crippen LogP contribution is -1.99. The quantitative estimate of drug-likeness (QED) is 0.799. The summed E-state index contributed by atoms with van der Waals surface area (Å²) < 4.78 is 17.9. The zero-order valence-electron chi connectivity index (χ0n) is 8.22. The second-order valence-electron chi connectivity index (χ2n) is 2.99. The first-order valence-corrected chi connectivity index (χ1v) is 4.40. The first-order chi connectivity index (χ1) is 6.69. The summed E-state index contributed by atoms with van der Waals surface area (Å²) in [5.41, 5.74) is 7.16. The number of hydrogen-bond acceptors (Lipinski definition) is 2. The lowest BCUT2D eigenvalue weighted by atomic mass is 10.0. The molecule has 0 saturated carbocycles. The maximum absolute atomic E-state index is 13.0. The molecule has 0 amide bonds. The lowest BCUT2D eigenvalue weighted by molar-refractivity contribution is 0.386. The molecule has 1 aromatic rings. The molecule has 1 aromatic carbocycles. The van der Waals surface area contributed by atoms with E-state index in [1.165, 1.54) is 13.2 Å². The van der Waals surface area contributed by atoms with Crippen LogP contribution in [-0.4, -0.2) is 13.7 Å². The SMILES string of the molecule is C=C(CCN)c1ccc(F)c(OC)c1. The van der Waals surface area contributed by atoms with Gasteiger partial charge in [0.25, 0.3) is 0 Å². The second-order valence-corrected chi connectivity index (χ2v) is 2.99. The predicted molar refractivity (Wildman–Crippen MR) is 55.7 cm³/mol. The second kappa shape index (κ2) is 4.77. The monoisotopic (exact) mass is 195 g/mol. The molecule has 0 radical (unpaired) electrons. The molecule has 0 aliphatic rings. The molecule has 0 heterocycles. The Morgan fingerprint density at radius 1 is 1.57 bits per heavy atom. The van der Waals surface area contributed by atoms with E-state index in [1.54, 1.807) is 12.1 Å². The molecule has 1 rings (SSSR count). The average molecular weight is 195 g/mol. The average Bonchev–Trinajstić information content (AvgIpc) is 2.19. The van der Waals surface area contributed by atoms with Crippen LogP contribution < -0.4 is 10.5 Å². The molecule has 2 nitrogen and oxygen atoms in total. The molecular weight excluding hydrogens is 181 g/mol. The fourth-order valence-electron chi connectivity index (χ4n) is 1.20. The third kappa shape index (κ3) is 2.33. The highest BCUT2D eigenvalue weighted by Gasteiger charge is 2.05. The Morgan fingerprint density at radius 2 is 2.29 bits per heavy atom. The summed E-state index contributed by atoms with van der Waals surface area (Å²) in [5, 5.41) is 0. The van der Waals surface area contributed by atoms with E-state index >= 15 is 0 Å². The van der Waals surface area contributed by atoms with Gasteiger partial charge in [-0.1, -0.05) is 12.6 Å². The van der Waals surface area contributed by atoms with E-state index in [0.29, 0.717) is 13.0 Å². The third-order valence-corrected chi connectivity index (χ3v) is 2.01. The van der Waals surface area contributed by atoms with Gasteiger partial charge in [-0.2, -0.15) is 0 Å². The van der Waals surface area contributed by atoms with Crippen LogP contribution in [0.4, 0.5) is 4.39 Å². The van der Waals surface area contributed by atoms with E-state index in [1.807, 2.05) is 0 Å². The van der Waals surface area contributed by atoms with Gasteiger partial charge >= 0.3 is 0 Å². The van der Waals surface area contributed by atoms with Crippen LogP contribution in [-0.2, 0) is 0 Å². The Balaban J connectivity index is 2.94. The third-order valence-electron chi connectivity index (χ3n) is 2.01. The molecule has 0 aromatic heterocycles. The van der Waals surface area contributed by atoms with Crippen molar-refractivity contribution in [3.05, 3.63) is 36.2 Å². The molecule has 0 saturated heterocycles. The lowest BCUT2D eigenvalue weighted by Gasteiger charge is -2.07. The van der Waals surface area contributed by atoms with Crippen molar-refractivity contribution in [2.24, 2.45) is 5.73 Å². The molecule has 0 unspecified atom stereocenters. The summed E-state index contributed by atoms with van der Waals surface area (Å²) in [6, 6.07) is 4.68.